The standard InChI is InChI=1S/C18H10ClFN2O/c19-13-5-1-11(2-6-13)15-9-17(22-18(23)16(15)10-21)12-3-7-14(20)8-4-12/h1-9H,(H,22,23). The zero-order valence-electron chi connectivity index (χ0n) is 11.8. The molecule has 0 aliphatic carbocycles. The van der Waals surface area contributed by atoms with Gasteiger partial charge in [0.05, 0.1) is 0 Å². The maximum absolute atomic E-state index is 13.1. The Kier molecular flexibility index (Phi) is 3.96. The van der Waals surface area contributed by atoms with Crippen LogP contribution in [0.4, 0.5) is 4.39 Å². The molecule has 3 rings (SSSR count). The van der Waals surface area contributed by atoms with Gasteiger partial charge in [-0.1, -0.05) is 23.7 Å². The van der Waals surface area contributed by atoms with Crippen molar-refractivity contribution in [1.82, 2.24) is 4.98 Å². The first-order valence-electron chi connectivity index (χ1n) is 6.78. The predicted molar refractivity (Wildman–Crippen MR) is 87.6 cm³/mol. The van der Waals surface area contributed by atoms with Crippen molar-refractivity contribution in [3.8, 4) is 28.5 Å². The van der Waals surface area contributed by atoms with E-state index < -0.39 is 5.56 Å². The molecule has 0 amide bonds. The van der Waals surface area contributed by atoms with E-state index in [4.69, 9.17) is 11.6 Å². The molecule has 0 aliphatic heterocycles. The van der Waals surface area contributed by atoms with Crippen LogP contribution in [0.2, 0.25) is 5.02 Å². The third kappa shape index (κ3) is 3.01. The van der Waals surface area contributed by atoms with Gasteiger partial charge in [-0.3, -0.25) is 4.79 Å². The lowest BCUT2D eigenvalue weighted by Crippen LogP contribution is -2.12. The summed E-state index contributed by atoms with van der Waals surface area (Å²) in [5.41, 5.74) is 1.92. The van der Waals surface area contributed by atoms with Gasteiger partial charge in [-0.05, 0) is 53.6 Å². The van der Waals surface area contributed by atoms with Gasteiger partial charge in [-0.2, -0.15) is 5.26 Å². The predicted octanol–water partition coefficient (Wildman–Crippen LogP) is 4.37. The highest BCUT2D eigenvalue weighted by Gasteiger charge is 2.12. The van der Waals surface area contributed by atoms with Crippen LogP contribution in [0.15, 0.2) is 59.4 Å². The van der Waals surface area contributed by atoms with Gasteiger partial charge in [0.1, 0.15) is 17.4 Å². The molecule has 0 fully saturated rings. The van der Waals surface area contributed by atoms with Gasteiger partial charge >= 0.3 is 0 Å². The molecule has 5 heteroatoms. The Morgan fingerprint density at radius 3 is 2.22 bits per heavy atom. The molecule has 1 N–H and O–H groups in total. The van der Waals surface area contributed by atoms with Crippen LogP contribution >= 0.6 is 11.6 Å². The van der Waals surface area contributed by atoms with Gasteiger partial charge in [0.15, 0.2) is 0 Å². The number of nitriles is 1. The molecule has 0 unspecified atom stereocenters. The molecule has 0 saturated carbocycles. The summed E-state index contributed by atoms with van der Waals surface area (Å²) in [5.74, 6) is -0.359. The highest BCUT2D eigenvalue weighted by Crippen LogP contribution is 2.27. The SMILES string of the molecule is N#Cc1c(-c2ccc(Cl)cc2)cc(-c2ccc(F)cc2)[nH]c1=O. The summed E-state index contributed by atoms with van der Waals surface area (Å²) in [5, 5.41) is 9.83. The van der Waals surface area contributed by atoms with Crippen LogP contribution in [-0.4, -0.2) is 4.98 Å². The first-order chi connectivity index (χ1) is 11.1. The Labute approximate surface area is 136 Å². The highest BCUT2D eigenvalue weighted by molar-refractivity contribution is 6.30. The number of hydrogen-bond acceptors (Lipinski definition) is 2. The number of halogens is 2. The molecule has 3 nitrogen and oxygen atoms in total. The van der Waals surface area contributed by atoms with Crippen molar-refractivity contribution in [3.63, 3.8) is 0 Å². The Morgan fingerprint density at radius 1 is 1.00 bits per heavy atom. The van der Waals surface area contributed by atoms with Crippen molar-refractivity contribution in [3.05, 3.63) is 81.4 Å². The second kappa shape index (κ2) is 6.07. The van der Waals surface area contributed by atoms with E-state index in [2.05, 4.69) is 4.98 Å². The summed E-state index contributed by atoms with van der Waals surface area (Å²) >= 11 is 5.88. The first kappa shape index (κ1) is 15.0. The number of aromatic nitrogens is 1. The minimum absolute atomic E-state index is 0.0261. The number of benzene rings is 2. The quantitative estimate of drug-likeness (QED) is 0.760. The lowest BCUT2D eigenvalue weighted by atomic mass is 9.99. The number of aromatic amines is 1. The van der Waals surface area contributed by atoms with E-state index in [0.717, 1.165) is 0 Å². The smallest absolute Gasteiger partial charge is 0.266 e. The summed E-state index contributed by atoms with van der Waals surface area (Å²) in [4.78, 5) is 14.9. The van der Waals surface area contributed by atoms with Crippen molar-refractivity contribution in [1.29, 1.82) is 5.26 Å². The Bertz CT molecular complexity index is 954. The molecule has 0 spiro atoms. The van der Waals surface area contributed by atoms with Crippen LogP contribution in [0.3, 0.4) is 0 Å². The molecule has 0 aliphatic rings. The van der Waals surface area contributed by atoms with Crippen molar-refractivity contribution in [2.24, 2.45) is 0 Å². The number of H-pyrrole nitrogens is 1. The maximum atomic E-state index is 13.1. The van der Waals surface area contributed by atoms with Gasteiger partial charge in [0.25, 0.3) is 5.56 Å². The zero-order valence-corrected chi connectivity index (χ0v) is 12.6. The third-order valence-electron chi connectivity index (χ3n) is 3.46. The van der Waals surface area contributed by atoms with Gasteiger partial charge in [-0.15, -0.1) is 0 Å². The Balaban J connectivity index is 2.22. The van der Waals surface area contributed by atoms with Gasteiger partial charge in [0, 0.05) is 16.3 Å². The van der Waals surface area contributed by atoms with Crippen molar-refractivity contribution < 1.29 is 4.39 Å². The van der Waals surface area contributed by atoms with E-state index in [1.807, 2.05) is 6.07 Å². The molecule has 0 atom stereocenters. The van der Waals surface area contributed by atoms with Crippen LogP contribution in [0.1, 0.15) is 5.56 Å². The second-order valence-corrected chi connectivity index (χ2v) is 5.36. The summed E-state index contributed by atoms with van der Waals surface area (Å²) in [6.07, 6.45) is 0. The van der Waals surface area contributed by atoms with E-state index in [1.165, 1.54) is 12.1 Å². The third-order valence-corrected chi connectivity index (χ3v) is 3.71. The number of pyridine rings is 1. The summed E-state index contributed by atoms with van der Waals surface area (Å²) < 4.78 is 13.1. The lowest BCUT2D eigenvalue weighted by molar-refractivity contribution is 0.628. The molecule has 2 aromatic carbocycles. The molecule has 0 radical (unpaired) electrons. The van der Waals surface area contributed by atoms with E-state index in [-0.39, 0.29) is 11.4 Å². The fraction of sp³-hybridized carbons (Fsp3) is 0. The average molecular weight is 325 g/mol. The fourth-order valence-corrected chi connectivity index (χ4v) is 2.44. The molecular formula is C18H10ClFN2O. The molecule has 1 heterocycles. The first-order valence-corrected chi connectivity index (χ1v) is 7.15. The number of hydrogen-bond donors (Lipinski definition) is 1. The average Bonchev–Trinajstić information content (AvgIpc) is 2.55. The summed E-state index contributed by atoms with van der Waals surface area (Å²) in [6.45, 7) is 0. The van der Waals surface area contributed by atoms with Crippen molar-refractivity contribution >= 4 is 11.6 Å². The molecule has 23 heavy (non-hydrogen) atoms. The fourth-order valence-electron chi connectivity index (χ4n) is 2.31. The molecule has 0 bridgehead atoms. The molecular weight excluding hydrogens is 315 g/mol. The summed E-state index contributed by atoms with van der Waals surface area (Å²) in [7, 11) is 0. The van der Waals surface area contributed by atoms with Gasteiger partial charge in [-0.25, -0.2) is 4.39 Å². The Morgan fingerprint density at radius 2 is 1.61 bits per heavy atom. The zero-order chi connectivity index (χ0) is 16.4. The monoisotopic (exact) mass is 324 g/mol. The second-order valence-electron chi connectivity index (χ2n) is 4.93. The van der Waals surface area contributed by atoms with E-state index in [1.54, 1.807) is 42.5 Å². The van der Waals surface area contributed by atoms with Crippen LogP contribution < -0.4 is 5.56 Å². The summed E-state index contributed by atoms with van der Waals surface area (Å²) in [6, 6.07) is 16.3. The van der Waals surface area contributed by atoms with E-state index >= 15 is 0 Å². The van der Waals surface area contributed by atoms with Gasteiger partial charge in [0.2, 0.25) is 0 Å². The van der Waals surface area contributed by atoms with Gasteiger partial charge < -0.3 is 4.98 Å². The number of nitrogens with one attached hydrogen (secondary N) is 1. The normalized spacial score (nSPS) is 10.3. The maximum Gasteiger partial charge on any atom is 0.266 e. The topological polar surface area (TPSA) is 56.6 Å². The minimum atomic E-state index is -0.487. The van der Waals surface area contributed by atoms with Crippen LogP contribution in [0, 0.1) is 17.1 Å². The van der Waals surface area contributed by atoms with Crippen molar-refractivity contribution in [2.75, 3.05) is 0 Å². The lowest BCUT2D eigenvalue weighted by Gasteiger charge is -2.08. The number of rotatable bonds is 2. The van der Waals surface area contributed by atoms with Crippen LogP contribution in [0.25, 0.3) is 22.4 Å². The van der Waals surface area contributed by atoms with E-state index in [0.29, 0.717) is 27.4 Å². The van der Waals surface area contributed by atoms with Crippen molar-refractivity contribution in [2.45, 2.75) is 0 Å². The van der Waals surface area contributed by atoms with Crippen LogP contribution in [-0.2, 0) is 0 Å². The molecule has 112 valence electrons. The Hall–Kier alpha value is -2.90. The molecule has 0 saturated heterocycles. The molecule has 3 aromatic rings. The number of nitrogens with zero attached hydrogens (tertiary/aromatic N) is 1. The minimum Gasteiger partial charge on any atom is -0.321 e. The highest BCUT2D eigenvalue weighted by atomic mass is 35.5. The molecule has 1 aromatic heterocycles. The van der Waals surface area contributed by atoms with Crippen LogP contribution in [0.5, 0.6) is 0 Å². The largest absolute Gasteiger partial charge is 0.321 e. The van der Waals surface area contributed by atoms with E-state index in [9.17, 15) is 14.4 Å².